The highest BCUT2D eigenvalue weighted by atomic mass is 31.1. The third-order valence-corrected chi connectivity index (χ3v) is 1.27. The molecule has 0 aliphatic heterocycles. The van der Waals surface area contributed by atoms with Gasteiger partial charge in [-0.15, -0.1) is 9.42 Å². The number of hydrogen-bond donors (Lipinski definition) is 2. The highest BCUT2D eigenvalue weighted by Gasteiger charge is 2.13. The number of hydrogen-bond acceptors (Lipinski definition) is 3. The second-order valence-corrected chi connectivity index (χ2v) is 2.73. The first-order valence-electron chi connectivity index (χ1n) is 3.63. The Bertz CT molecular complexity index is 95.8. The minimum atomic E-state index is -2.51. The van der Waals surface area contributed by atoms with Crippen LogP contribution in [0.1, 0.15) is 33.6 Å². The molecule has 0 radical (unpaired) electrons. The molecule has 11 heavy (non-hydrogen) atoms. The van der Waals surface area contributed by atoms with E-state index < -0.39 is 14.5 Å². The second-order valence-electron chi connectivity index (χ2n) is 2.05. The summed E-state index contributed by atoms with van der Waals surface area (Å²) < 4.78 is 13.7. The average Bonchev–Trinajstić information content (AvgIpc) is 1.85. The van der Waals surface area contributed by atoms with Crippen molar-refractivity contribution in [2.75, 3.05) is 0 Å². The first-order chi connectivity index (χ1) is 5.04. The number of unbranched alkanes of at least 4 members (excludes halogenated alkanes) is 1. The van der Waals surface area contributed by atoms with Crippen LogP contribution in [0.4, 0.5) is 0 Å². The molecular formula is C6H17NO3P+. The van der Waals surface area contributed by atoms with E-state index in [2.05, 4.69) is 18.4 Å². The van der Waals surface area contributed by atoms with Crippen LogP contribution < -0.4 is 5.73 Å². The molecular weight excluding hydrogens is 165 g/mol. The maximum atomic E-state index is 9.66. The Morgan fingerprint density at radius 2 is 1.91 bits per heavy atom. The van der Waals surface area contributed by atoms with Gasteiger partial charge in [-0.05, 0) is 6.92 Å². The minimum Gasteiger partial charge on any atom is -0.302 e. The lowest BCUT2D eigenvalue weighted by molar-refractivity contribution is 0.212. The smallest absolute Gasteiger partial charge is 0.302 e. The first-order valence-corrected chi connectivity index (χ1v) is 4.76. The van der Waals surface area contributed by atoms with E-state index in [4.69, 9.17) is 10.6 Å². The van der Waals surface area contributed by atoms with Crippen LogP contribution in [0.25, 0.3) is 0 Å². The monoisotopic (exact) mass is 182 g/mol. The molecule has 0 aromatic carbocycles. The van der Waals surface area contributed by atoms with Gasteiger partial charge in [0.1, 0.15) is 0 Å². The predicted molar refractivity (Wildman–Crippen MR) is 45.1 cm³/mol. The van der Waals surface area contributed by atoms with Gasteiger partial charge in [-0.2, -0.15) is 0 Å². The Hall–Kier alpha value is -0.0200. The third kappa shape index (κ3) is 25.6. The molecule has 0 saturated heterocycles. The van der Waals surface area contributed by atoms with Gasteiger partial charge in [-0.1, -0.05) is 26.7 Å². The van der Waals surface area contributed by atoms with E-state index in [1.807, 2.05) is 0 Å². The predicted octanol–water partition coefficient (Wildman–Crippen LogP) is 1.76. The Balaban J connectivity index is 0. The summed E-state index contributed by atoms with van der Waals surface area (Å²) in [7, 11) is -2.51. The summed E-state index contributed by atoms with van der Waals surface area (Å²) in [5, 5.41) is 0. The van der Waals surface area contributed by atoms with Crippen molar-refractivity contribution < 1.29 is 14.0 Å². The molecule has 0 heterocycles. The summed E-state index contributed by atoms with van der Waals surface area (Å²) in [4.78, 5) is 7.93. The van der Waals surface area contributed by atoms with E-state index in [-0.39, 0.29) is 0 Å². The minimum absolute atomic E-state index is 0.659. The molecule has 0 saturated carbocycles. The summed E-state index contributed by atoms with van der Waals surface area (Å²) in [5.41, 5.74) is 4.93. The van der Waals surface area contributed by atoms with Gasteiger partial charge in [0, 0.05) is 4.57 Å². The topological polar surface area (TPSA) is 72.5 Å². The SMILES string of the molecule is CC(N)O[P+](=O)O.CCCC. The molecule has 0 fully saturated rings. The van der Waals surface area contributed by atoms with Crippen LogP contribution in [0.5, 0.6) is 0 Å². The molecule has 0 aliphatic carbocycles. The Morgan fingerprint density at radius 3 is 1.91 bits per heavy atom. The number of rotatable bonds is 3. The van der Waals surface area contributed by atoms with E-state index in [1.165, 1.54) is 19.8 Å². The fourth-order valence-corrected chi connectivity index (χ4v) is 0.427. The maximum absolute atomic E-state index is 9.66. The molecule has 0 bridgehead atoms. The molecule has 2 atom stereocenters. The largest absolute Gasteiger partial charge is 0.696 e. The summed E-state index contributed by atoms with van der Waals surface area (Å²) in [5.74, 6) is 0. The van der Waals surface area contributed by atoms with Gasteiger partial charge in [0.05, 0.1) is 0 Å². The van der Waals surface area contributed by atoms with Gasteiger partial charge < -0.3 is 5.73 Å². The van der Waals surface area contributed by atoms with Crippen molar-refractivity contribution in [3.63, 3.8) is 0 Å². The van der Waals surface area contributed by atoms with Crippen molar-refractivity contribution in [2.45, 2.75) is 39.8 Å². The first kappa shape index (κ1) is 13.6. The van der Waals surface area contributed by atoms with Crippen LogP contribution in [-0.4, -0.2) is 11.1 Å². The highest BCUT2D eigenvalue weighted by molar-refractivity contribution is 7.32. The lowest BCUT2D eigenvalue weighted by atomic mass is 10.4. The Labute approximate surface area is 68.7 Å². The molecule has 0 aliphatic rings. The van der Waals surface area contributed by atoms with Crippen LogP contribution in [0, 0.1) is 0 Å². The standard InChI is InChI=1S/C4H10.C2H6NO3P/c1-3-4-2;1-2(3)6-7(4)5/h3-4H2,1-2H3;2H,3H2,1H3/p+1. The normalized spacial score (nSPS) is 13.0. The Morgan fingerprint density at radius 1 is 1.55 bits per heavy atom. The van der Waals surface area contributed by atoms with Gasteiger partial charge in [-0.25, -0.2) is 0 Å². The van der Waals surface area contributed by atoms with E-state index in [0.29, 0.717) is 0 Å². The van der Waals surface area contributed by atoms with Crippen molar-refractivity contribution in [1.29, 1.82) is 0 Å². The number of nitrogens with two attached hydrogens (primary N) is 1. The summed E-state index contributed by atoms with van der Waals surface area (Å²) >= 11 is 0. The molecule has 0 aromatic heterocycles. The van der Waals surface area contributed by atoms with Crippen LogP contribution >= 0.6 is 8.25 Å². The van der Waals surface area contributed by atoms with Gasteiger partial charge in [0.15, 0.2) is 6.23 Å². The zero-order valence-corrected chi connectivity index (χ0v) is 8.17. The van der Waals surface area contributed by atoms with Crippen molar-refractivity contribution in [2.24, 2.45) is 5.73 Å². The fraction of sp³-hybridized carbons (Fsp3) is 1.00. The highest BCUT2D eigenvalue weighted by Crippen LogP contribution is 2.14. The Kier molecular flexibility index (Phi) is 12.3. The van der Waals surface area contributed by atoms with E-state index in [1.54, 1.807) is 0 Å². The average molecular weight is 182 g/mol. The molecule has 5 heteroatoms. The van der Waals surface area contributed by atoms with Gasteiger partial charge in [-0.3, -0.25) is 0 Å². The van der Waals surface area contributed by atoms with Gasteiger partial charge in [0.25, 0.3) is 0 Å². The van der Waals surface area contributed by atoms with E-state index >= 15 is 0 Å². The van der Waals surface area contributed by atoms with Crippen molar-refractivity contribution in [3.05, 3.63) is 0 Å². The van der Waals surface area contributed by atoms with Gasteiger partial charge >= 0.3 is 8.25 Å². The molecule has 3 N–H and O–H groups in total. The molecule has 0 aromatic rings. The molecule has 0 spiro atoms. The van der Waals surface area contributed by atoms with Crippen LogP contribution in [-0.2, 0) is 9.09 Å². The molecule has 4 nitrogen and oxygen atoms in total. The van der Waals surface area contributed by atoms with Crippen molar-refractivity contribution in [1.82, 2.24) is 0 Å². The summed E-state index contributed by atoms with van der Waals surface area (Å²) in [6, 6.07) is 0. The van der Waals surface area contributed by atoms with Crippen LogP contribution in [0.2, 0.25) is 0 Å². The zero-order chi connectivity index (χ0) is 9.28. The fourth-order valence-electron chi connectivity index (χ4n) is 0.142. The quantitative estimate of drug-likeness (QED) is 0.515. The molecule has 0 amide bonds. The second kappa shape index (κ2) is 9.98. The summed E-state index contributed by atoms with van der Waals surface area (Å²) in [6.45, 7) is 5.84. The molecule has 68 valence electrons. The van der Waals surface area contributed by atoms with Crippen LogP contribution in [0.15, 0.2) is 0 Å². The maximum Gasteiger partial charge on any atom is 0.696 e. The van der Waals surface area contributed by atoms with Crippen molar-refractivity contribution in [3.8, 4) is 0 Å². The van der Waals surface area contributed by atoms with E-state index in [0.717, 1.165) is 0 Å². The molecule has 0 rings (SSSR count). The van der Waals surface area contributed by atoms with Crippen molar-refractivity contribution >= 4 is 8.25 Å². The lowest BCUT2D eigenvalue weighted by Gasteiger charge is -1.86. The van der Waals surface area contributed by atoms with Crippen LogP contribution in [0.3, 0.4) is 0 Å². The lowest BCUT2D eigenvalue weighted by Crippen LogP contribution is -2.14. The molecule has 2 unspecified atom stereocenters. The summed E-state index contributed by atoms with van der Waals surface area (Å²) in [6.07, 6.45) is 1.98. The zero-order valence-electron chi connectivity index (χ0n) is 7.28. The third-order valence-electron chi connectivity index (χ3n) is 0.756. The van der Waals surface area contributed by atoms with E-state index in [9.17, 15) is 4.57 Å². The van der Waals surface area contributed by atoms with Gasteiger partial charge in [0.2, 0.25) is 0 Å².